The molecule has 1 atom stereocenters. The highest BCUT2D eigenvalue weighted by Crippen LogP contribution is 2.22. The zero-order valence-corrected chi connectivity index (χ0v) is 17.9. The molecule has 2 N–H and O–H groups in total. The first-order valence-electron chi connectivity index (χ1n) is 10.3. The summed E-state index contributed by atoms with van der Waals surface area (Å²) < 4.78 is 7.39. The molecular formula is C22H26N6O3. The number of aryl methyl sites for hydroxylation is 3. The number of hydrogen-bond acceptors (Lipinski definition) is 5. The quantitative estimate of drug-likeness (QED) is 0.657. The van der Waals surface area contributed by atoms with Crippen LogP contribution in [0.5, 0.6) is 0 Å². The van der Waals surface area contributed by atoms with E-state index in [4.69, 9.17) is 4.74 Å². The second-order valence-corrected chi connectivity index (χ2v) is 7.57. The number of aromatic nitrogens is 4. The smallest absolute Gasteiger partial charge is 0.272 e. The summed E-state index contributed by atoms with van der Waals surface area (Å²) in [6.07, 6.45) is 1.04. The number of nitrogens with zero attached hydrogens (tertiary/aromatic N) is 4. The van der Waals surface area contributed by atoms with Crippen LogP contribution in [0.25, 0.3) is 11.3 Å². The molecule has 9 nitrogen and oxygen atoms in total. The Labute approximate surface area is 180 Å². The summed E-state index contributed by atoms with van der Waals surface area (Å²) in [4.78, 5) is 27.3. The van der Waals surface area contributed by atoms with Crippen molar-refractivity contribution in [3.63, 3.8) is 0 Å². The van der Waals surface area contributed by atoms with Crippen LogP contribution in [0.15, 0.2) is 36.5 Å². The van der Waals surface area contributed by atoms with E-state index in [1.54, 1.807) is 21.8 Å². The third-order valence-corrected chi connectivity index (χ3v) is 5.40. The minimum atomic E-state index is -0.749. The van der Waals surface area contributed by atoms with Crippen LogP contribution in [-0.4, -0.2) is 62.5 Å². The summed E-state index contributed by atoms with van der Waals surface area (Å²) in [7, 11) is 0. The molecule has 0 saturated carbocycles. The topological polar surface area (TPSA) is 105 Å². The molecule has 162 valence electrons. The molecule has 1 fully saturated rings. The highest BCUT2D eigenvalue weighted by molar-refractivity contribution is 5.97. The Kier molecular flexibility index (Phi) is 5.85. The minimum absolute atomic E-state index is 0.171. The average Bonchev–Trinajstić information content (AvgIpc) is 3.40. The first kappa shape index (κ1) is 20.8. The number of amides is 2. The largest absolute Gasteiger partial charge is 0.365 e. The van der Waals surface area contributed by atoms with E-state index in [9.17, 15) is 9.59 Å². The van der Waals surface area contributed by atoms with E-state index in [2.05, 4.69) is 20.6 Å². The number of rotatable bonds is 5. The zero-order chi connectivity index (χ0) is 22.0. The molecule has 31 heavy (non-hydrogen) atoms. The third-order valence-electron chi connectivity index (χ3n) is 5.40. The van der Waals surface area contributed by atoms with Crippen molar-refractivity contribution < 1.29 is 14.3 Å². The van der Waals surface area contributed by atoms with Gasteiger partial charge in [-0.25, -0.2) is 0 Å². The fraction of sp³-hybridized carbons (Fsp3) is 0.364. The van der Waals surface area contributed by atoms with E-state index in [-0.39, 0.29) is 25.0 Å². The van der Waals surface area contributed by atoms with Gasteiger partial charge in [-0.3, -0.25) is 19.4 Å². The van der Waals surface area contributed by atoms with Gasteiger partial charge in [0.1, 0.15) is 5.69 Å². The van der Waals surface area contributed by atoms with E-state index in [1.165, 1.54) is 0 Å². The zero-order valence-electron chi connectivity index (χ0n) is 17.9. The van der Waals surface area contributed by atoms with Gasteiger partial charge in [0.05, 0.1) is 30.2 Å². The lowest BCUT2D eigenvalue weighted by Gasteiger charge is -2.31. The number of aromatic amines is 1. The predicted molar refractivity (Wildman–Crippen MR) is 116 cm³/mol. The summed E-state index contributed by atoms with van der Waals surface area (Å²) in [6.45, 7) is 7.40. The summed E-state index contributed by atoms with van der Waals surface area (Å²) in [5, 5.41) is 14.3. The average molecular weight is 422 g/mol. The van der Waals surface area contributed by atoms with Gasteiger partial charge < -0.3 is 15.0 Å². The lowest BCUT2D eigenvalue weighted by atomic mass is 10.1. The molecule has 1 unspecified atom stereocenters. The van der Waals surface area contributed by atoms with Gasteiger partial charge in [-0.2, -0.15) is 10.2 Å². The van der Waals surface area contributed by atoms with Gasteiger partial charge in [-0.05, 0) is 32.4 Å². The van der Waals surface area contributed by atoms with Crippen LogP contribution in [0.3, 0.4) is 0 Å². The van der Waals surface area contributed by atoms with Gasteiger partial charge in [-0.15, -0.1) is 0 Å². The van der Waals surface area contributed by atoms with Crippen LogP contribution >= 0.6 is 0 Å². The summed E-state index contributed by atoms with van der Waals surface area (Å²) >= 11 is 0. The summed E-state index contributed by atoms with van der Waals surface area (Å²) in [5.41, 5.74) is 4.54. The molecule has 1 saturated heterocycles. The maximum Gasteiger partial charge on any atom is 0.272 e. The normalized spacial score (nSPS) is 16.4. The minimum Gasteiger partial charge on any atom is -0.365 e. The summed E-state index contributed by atoms with van der Waals surface area (Å²) in [5.74, 6) is -0.495. The first-order chi connectivity index (χ1) is 15.0. The summed E-state index contributed by atoms with van der Waals surface area (Å²) in [6, 6.07) is 9.62. The van der Waals surface area contributed by atoms with Gasteiger partial charge in [0.2, 0.25) is 0 Å². The number of H-pyrrole nitrogens is 1. The number of benzene rings is 1. The van der Waals surface area contributed by atoms with Crippen molar-refractivity contribution in [2.45, 2.75) is 33.4 Å². The highest BCUT2D eigenvalue weighted by Gasteiger charge is 2.31. The molecule has 1 aliphatic rings. The van der Waals surface area contributed by atoms with Crippen molar-refractivity contribution >= 4 is 17.5 Å². The van der Waals surface area contributed by atoms with Crippen molar-refractivity contribution in [1.29, 1.82) is 0 Å². The number of carbonyl (C=O) groups excluding carboxylic acids is 2. The van der Waals surface area contributed by atoms with E-state index in [0.29, 0.717) is 30.2 Å². The number of carbonyl (C=O) groups is 2. The molecular weight excluding hydrogens is 396 g/mol. The van der Waals surface area contributed by atoms with Gasteiger partial charge in [0.15, 0.2) is 6.10 Å². The monoisotopic (exact) mass is 422 g/mol. The Morgan fingerprint density at radius 1 is 1.29 bits per heavy atom. The Morgan fingerprint density at radius 2 is 2.10 bits per heavy atom. The number of hydrogen-bond donors (Lipinski definition) is 2. The fourth-order valence-electron chi connectivity index (χ4n) is 3.61. The lowest BCUT2D eigenvalue weighted by molar-refractivity contribution is -0.131. The molecule has 1 aromatic carbocycles. The van der Waals surface area contributed by atoms with E-state index < -0.39 is 6.10 Å². The molecule has 9 heteroatoms. The maximum absolute atomic E-state index is 13.0. The van der Waals surface area contributed by atoms with E-state index >= 15 is 0 Å². The molecule has 0 aliphatic carbocycles. The maximum atomic E-state index is 13.0. The van der Waals surface area contributed by atoms with Gasteiger partial charge >= 0.3 is 0 Å². The Bertz CT molecular complexity index is 1100. The second-order valence-electron chi connectivity index (χ2n) is 7.57. The number of ether oxygens (including phenoxy) is 1. The number of nitrogens with one attached hydrogen (secondary N) is 2. The first-order valence-corrected chi connectivity index (χ1v) is 10.3. The van der Waals surface area contributed by atoms with Crippen LogP contribution in [-0.2, 0) is 16.1 Å². The van der Waals surface area contributed by atoms with Crippen LogP contribution in [0.2, 0.25) is 0 Å². The molecule has 4 rings (SSSR count). The Morgan fingerprint density at radius 3 is 2.84 bits per heavy atom. The van der Waals surface area contributed by atoms with Crippen molar-refractivity contribution in [3.8, 4) is 11.3 Å². The fourth-order valence-corrected chi connectivity index (χ4v) is 3.61. The van der Waals surface area contributed by atoms with Crippen molar-refractivity contribution in [2.24, 2.45) is 0 Å². The van der Waals surface area contributed by atoms with Crippen molar-refractivity contribution in [2.75, 3.05) is 25.0 Å². The molecule has 3 heterocycles. The van der Waals surface area contributed by atoms with Crippen LogP contribution in [0, 0.1) is 13.8 Å². The third kappa shape index (κ3) is 4.36. The predicted octanol–water partition coefficient (Wildman–Crippen LogP) is 2.39. The molecule has 0 bridgehead atoms. The van der Waals surface area contributed by atoms with Crippen molar-refractivity contribution in [3.05, 3.63) is 53.5 Å². The molecule has 0 spiro atoms. The molecule has 3 aromatic rings. The van der Waals surface area contributed by atoms with E-state index in [1.807, 2.05) is 45.0 Å². The highest BCUT2D eigenvalue weighted by atomic mass is 16.5. The van der Waals surface area contributed by atoms with Crippen LogP contribution in [0.4, 0.5) is 5.69 Å². The lowest BCUT2D eigenvalue weighted by Crippen LogP contribution is -2.50. The van der Waals surface area contributed by atoms with Crippen molar-refractivity contribution in [1.82, 2.24) is 24.9 Å². The number of morpholine rings is 1. The Hall–Kier alpha value is -3.46. The molecule has 0 radical (unpaired) electrons. The van der Waals surface area contributed by atoms with Gasteiger partial charge in [-0.1, -0.05) is 24.3 Å². The van der Waals surface area contributed by atoms with E-state index in [0.717, 1.165) is 16.8 Å². The van der Waals surface area contributed by atoms with Gasteiger partial charge in [0.25, 0.3) is 11.8 Å². The molecule has 2 amide bonds. The number of anilines is 1. The van der Waals surface area contributed by atoms with Crippen LogP contribution < -0.4 is 5.32 Å². The Balaban J connectivity index is 1.43. The SMILES string of the molecule is CCn1cc(NC(=O)C2CN(C(=O)c3cc(-c4ccccc4C)n[nH]3)CCO2)c(C)n1. The van der Waals surface area contributed by atoms with Crippen LogP contribution in [0.1, 0.15) is 28.7 Å². The second kappa shape index (κ2) is 8.73. The van der Waals surface area contributed by atoms with Gasteiger partial charge in [0, 0.05) is 24.8 Å². The standard InChI is InChI=1S/C22H26N6O3/c1-4-28-12-19(15(3)26-28)23-21(29)20-13-27(9-10-31-20)22(30)18-11-17(24-25-18)16-8-6-5-7-14(16)2/h5-8,11-12,20H,4,9-10,13H2,1-3H3,(H,23,29)(H,24,25). The molecule has 1 aliphatic heterocycles. The molecule has 2 aromatic heterocycles.